The largest absolute Gasteiger partial charge is 0.349 e. The number of rotatable bonds is 6. The lowest BCUT2D eigenvalue weighted by atomic mass is 10.0. The van der Waals surface area contributed by atoms with Crippen LogP contribution in [0.15, 0.2) is 42.5 Å². The molecule has 0 spiro atoms. The van der Waals surface area contributed by atoms with Gasteiger partial charge < -0.3 is 15.5 Å². The summed E-state index contributed by atoms with van der Waals surface area (Å²) >= 11 is 0. The van der Waals surface area contributed by atoms with Crippen molar-refractivity contribution in [1.29, 1.82) is 0 Å². The molecule has 0 aliphatic carbocycles. The molecule has 1 aliphatic heterocycles. The molecule has 29 heavy (non-hydrogen) atoms. The van der Waals surface area contributed by atoms with Gasteiger partial charge in [-0.3, -0.25) is 14.4 Å². The molecule has 1 aliphatic rings. The first-order valence-corrected chi connectivity index (χ1v) is 9.88. The third-order valence-corrected chi connectivity index (χ3v) is 5.09. The Morgan fingerprint density at radius 2 is 1.83 bits per heavy atom. The summed E-state index contributed by atoms with van der Waals surface area (Å²) in [4.78, 5) is 38.0. The van der Waals surface area contributed by atoms with Crippen LogP contribution < -0.4 is 15.5 Å². The molecule has 0 saturated carbocycles. The fourth-order valence-electron chi connectivity index (χ4n) is 3.63. The van der Waals surface area contributed by atoms with E-state index >= 15 is 0 Å². The smallest absolute Gasteiger partial charge is 0.227 e. The van der Waals surface area contributed by atoms with Crippen molar-refractivity contribution in [2.45, 2.75) is 46.1 Å². The first-order chi connectivity index (χ1) is 13.8. The SMILES string of the molecule is CC(=O)NC(CC(=O)Nc1ccc(N2CCCC2=O)c(C)c1)c1ccc(C)cc1. The van der Waals surface area contributed by atoms with Gasteiger partial charge in [-0.2, -0.15) is 0 Å². The van der Waals surface area contributed by atoms with Crippen molar-refractivity contribution in [3.63, 3.8) is 0 Å². The predicted molar refractivity (Wildman–Crippen MR) is 114 cm³/mol. The van der Waals surface area contributed by atoms with E-state index in [-0.39, 0.29) is 24.1 Å². The molecular formula is C23H27N3O3. The molecule has 1 atom stereocenters. The second-order valence-electron chi connectivity index (χ2n) is 7.57. The Bertz CT molecular complexity index is 921. The molecule has 3 rings (SSSR count). The fraction of sp³-hybridized carbons (Fsp3) is 0.348. The van der Waals surface area contributed by atoms with Gasteiger partial charge in [-0.1, -0.05) is 29.8 Å². The first kappa shape index (κ1) is 20.6. The number of aryl methyl sites for hydroxylation is 2. The van der Waals surface area contributed by atoms with Crippen LogP contribution in [0.3, 0.4) is 0 Å². The zero-order valence-corrected chi connectivity index (χ0v) is 17.1. The maximum atomic E-state index is 12.6. The van der Waals surface area contributed by atoms with Gasteiger partial charge >= 0.3 is 0 Å². The molecule has 0 bridgehead atoms. The van der Waals surface area contributed by atoms with E-state index in [0.717, 1.165) is 35.3 Å². The fourth-order valence-corrected chi connectivity index (χ4v) is 3.63. The molecule has 2 aromatic rings. The van der Waals surface area contributed by atoms with Crippen LogP contribution in [0.2, 0.25) is 0 Å². The molecule has 1 fully saturated rings. The zero-order chi connectivity index (χ0) is 21.0. The topological polar surface area (TPSA) is 78.5 Å². The van der Waals surface area contributed by atoms with Gasteiger partial charge in [-0.05, 0) is 49.6 Å². The molecule has 1 unspecified atom stereocenters. The average molecular weight is 393 g/mol. The number of carbonyl (C=O) groups excluding carboxylic acids is 3. The number of hydrogen-bond donors (Lipinski definition) is 2. The van der Waals surface area contributed by atoms with Gasteiger partial charge in [-0.25, -0.2) is 0 Å². The van der Waals surface area contributed by atoms with Crippen molar-refractivity contribution in [2.75, 3.05) is 16.8 Å². The van der Waals surface area contributed by atoms with E-state index in [1.54, 1.807) is 4.90 Å². The number of hydrogen-bond acceptors (Lipinski definition) is 3. The van der Waals surface area contributed by atoms with E-state index in [2.05, 4.69) is 10.6 Å². The Kier molecular flexibility index (Phi) is 6.32. The molecule has 1 saturated heterocycles. The van der Waals surface area contributed by atoms with E-state index in [9.17, 15) is 14.4 Å². The Balaban J connectivity index is 1.69. The van der Waals surface area contributed by atoms with Crippen molar-refractivity contribution in [1.82, 2.24) is 5.32 Å². The summed E-state index contributed by atoms with van der Waals surface area (Å²) in [7, 11) is 0. The van der Waals surface area contributed by atoms with E-state index in [1.807, 2.05) is 56.3 Å². The lowest BCUT2D eigenvalue weighted by Gasteiger charge is -2.20. The lowest BCUT2D eigenvalue weighted by Crippen LogP contribution is -2.29. The molecule has 3 amide bonds. The molecule has 0 aromatic heterocycles. The van der Waals surface area contributed by atoms with Crippen LogP contribution in [0.5, 0.6) is 0 Å². The molecule has 152 valence electrons. The van der Waals surface area contributed by atoms with E-state index < -0.39 is 6.04 Å². The number of carbonyl (C=O) groups is 3. The van der Waals surface area contributed by atoms with Crippen LogP contribution in [-0.4, -0.2) is 24.3 Å². The van der Waals surface area contributed by atoms with E-state index in [1.165, 1.54) is 6.92 Å². The van der Waals surface area contributed by atoms with Gasteiger partial charge in [0, 0.05) is 31.3 Å². The minimum atomic E-state index is -0.393. The maximum absolute atomic E-state index is 12.6. The van der Waals surface area contributed by atoms with Crippen molar-refractivity contribution in [2.24, 2.45) is 0 Å². The van der Waals surface area contributed by atoms with Crippen molar-refractivity contribution in [3.8, 4) is 0 Å². The zero-order valence-electron chi connectivity index (χ0n) is 17.1. The summed E-state index contributed by atoms with van der Waals surface area (Å²) in [6, 6.07) is 12.9. The summed E-state index contributed by atoms with van der Waals surface area (Å²) in [6.45, 7) is 6.11. The quantitative estimate of drug-likeness (QED) is 0.787. The monoisotopic (exact) mass is 393 g/mol. The predicted octanol–water partition coefficient (Wildman–Crippen LogP) is 3.64. The summed E-state index contributed by atoms with van der Waals surface area (Å²) in [6.07, 6.45) is 1.59. The molecular weight excluding hydrogens is 366 g/mol. The van der Waals surface area contributed by atoms with E-state index in [4.69, 9.17) is 0 Å². The molecule has 2 aromatic carbocycles. The van der Waals surface area contributed by atoms with Crippen molar-refractivity contribution >= 4 is 29.1 Å². The number of nitrogens with one attached hydrogen (secondary N) is 2. The highest BCUT2D eigenvalue weighted by Gasteiger charge is 2.23. The molecule has 6 heteroatoms. The Labute approximate surface area is 171 Å². The van der Waals surface area contributed by atoms with Gasteiger partial charge in [0.25, 0.3) is 0 Å². The summed E-state index contributed by atoms with van der Waals surface area (Å²) in [5.74, 6) is -0.228. The van der Waals surface area contributed by atoms with Crippen LogP contribution >= 0.6 is 0 Å². The molecule has 0 radical (unpaired) electrons. The molecule has 2 N–H and O–H groups in total. The number of amides is 3. The first-order valence-electron chi connectivity index (χ1n) is 9.88. The van der Waals surface area contributed by atoms with Gasteiger partial charge in [0.2, 0.25) is 17.7 Å². The highest BCUT2D eigenvalue weighted by Crippen LogP contribution is 2.28. The normalized spacial score (nSPS) is 14.6. The highest BCUT2D eigenvalue weighted by atomic mass is 16.2. The standard InChI is InChI=1S/C23H27N3O3/c1-15-6-8-18(9-7-15)20(24-17(3)27)14-22(28)25-19-10-11-21(16(2)13-19)26-12-4-5-23(26)29/h6-11,13,20H,4-5,12,14H2,1-3H3,(H,24,27)(H,25,28). The summed E-state index contributed by atoms with van der Waals surface area (Å²) < 4.78 is 0. The number of benzene rings is 2. The van der Waals surface area contributed by atoms with Crippen molar-refractivity contribution in [3.05, 3.63) is 59.2 Å². The van der Waals surface area contributed by atoms with Gasteiger partial charge in [0.05, 0.1) is 12.5 Å². The Hall–Kier alpha value is -3.15. The van der Waals surface area contributed by atoms with Gasteiger partial charge in [0.1, 0.15) is 0 Å². The third-order valence-electron chi connectivity index (χ3n) is 5.09. The lowest BCUT2D eigenvalue weighted by molar-refractivity contribution is -0.120. The van der Waals surface area contributed by atoms with Crippen LogP contribution in [-0.2, 0) is 14.4 Å². The maximum Gasteiger partial charge on any atom is 0.227 e. The third kappa shape index (κ3) is 5.22. The van der Waals surface area contributed by atoms with Crippen LogP contribution in [0.1, 0.15) is 48.9 Å². The van der Waals surface area contributed by atoms with Gasteiger partial charge in [-0.15, -0.1) is 0 Å². The van der Waals surface area contributed by atoms with Crippen LogP contribution in [0.4, 0.5) is 11.4 Å². The van der Waals surface area contributed by atoms with Crippen LogP contribution in [0.25, 0.3) is 0 Å². The average Bonchev–Trinajstić information content (AvgIpc) is 3.07. The summed E-state index contributed by atoms with van der Waals surface area (Å²) in [5.41, 5.74) is 4.51. The second-order valence-corrected chi connectivity index (χ2v) is 7.57. The molecule has 6 nitrogen and oxygen atoms in total. The minimum absolute atomic E-state index is 0.133. The van der Waals surface area contributed by atoms with Gasteiger partial charge in [0.15, 0.2) is 0 Å². The van der Waals surface area contributed by atoms with Crippen LogP contribution in [0, 0.1) is 13.8 Å². The number of nitrogens with zero attached hydrogens (tertiary/aromatic N) is 1. The Morgan fingerprint density at radius 3 is 2.41 bits per heavy atom. The van der Waals surface area contributed by atoms with E-state index in [0.29, 0.717) is 12.1 Å². The molecule has 1 heterocycles. The second kappa shape index (κ2) is 8.90. The Morgan fingerprint density at radius 1 is 1.10 bits per heavy atom. The summed E-state index contributed by atoms with van der Waals surface area (Å²) in [5, 5.41) is 5.75. The highest BCUT2D eigenvalue weighted by molar-refractivity contribution is 5.97. The minimum Gasteiger partial charge on any atom is -0.349 e. The van der Waals surface area contributed by atoms with Crippen molar-refractivity contribution < 1.29 is 14.4 Å². The number of anilines is 2.